The average Bonchev–Trinajstić information content (AvgIpc) is 2.75. The molecule has 8 heteroatoms. The first kappa shape index (κ1) is 13.5. The van der Waals surface area contributed by atoms with E-state index < -0.39 is 10.2 Å². The van der Waals surface area contributed by atoms with E-state index >= 15 is 0 Å². The maximum Gasteiger partial charge on any atom is 0.282 e. The molecule has 1 aromatic heterocycles. The number of morpholine rings is 1. The van der Waals surface area contributed by atoms with Crippen molar-refractivity contribution in [3.05, 3.63) is 17.5 Å². The van der Waals surface area contributed by atoms with Crippen molar-refractivity contribution >= 4 is 10.2 Å². The van der Waals surface area contributed by atoms with Gasteiger partial charge in [0, 0.05) is 20.6 Å². The monoisotopic (exact) mass is 274 g/mol. The van der Waals surface area contributed by atoms with Gasteiger partial charge in [-0.2, -0.15) is 22.1 Å². The molecule has 7 nitrogen and oxygen atoms in total. The van der Waals surface area contributed by atoms with Gasteiger partial charge < -0.3 is 4.74 Å². The molecule has 0 aliphatic carbocycles. The first-order valence-electron chi connectivity index (χ1n) is 5.71. The van der Waals surface area contributed by atoms with E-state index in [4.69, 9.17) is 4.74 Å². The molecule has 0 bridgehead atoms. The third-order valence-corrected chi connectivity index (χ3v) is 4.99. The van der Waals surface area contributed by atoms with Gasteiger partial charge in [-0.1, -0.05) is 0 Å². The van der Waals surface area contributed by atoms with Crippen molar-refractivity contribution in [1.82, 2.24) is 18.8 Å². The SMILES string of the molecule is Cc1cn[nH]c1C1COCCN1S(=O)(=O)N(C)C. The van der Waals surface area contributed by atoms with Crippen molar-refractivity contribution in [3.8, 4) is 0 Å². The minimum Gasteiger partial charge on any atom is -0.378 e. The van der Waals surface area contributed by atoms with Gasteiger partial charge in [0.2, 0.25) is 0 Å². The fraction of sp³-hybridized carbons (Fsp3) is 0.700. The zero-order valence-corrected chi connectivity index (χ0v) is 11.6. The Labute approximate surface area is 107 Å². The lowest BCUT2D eigenvalue weighted by Gasteiger charge is -2.35. The quantitative estimate of drug-likeness (QED) is 0.834. The summed E-state index contributed by atoms with van der Waals surface area (Å²) in [6, 6.07) is -0.339. The van der Waals surface area contributed by atoms with Crippen LogP contribution in [0, 0.1) is 6.92 Å². The Kier molecular flexibility index (Phi) is 3.71. The maximum atomic E-state index is 12.3. The maximum absolute atomic E-state index is 12.3. The van der Waals surface area contributed by atoms with Gasteiger partial charge in [-0.25, -0.2) is 0 Å². The summed E-state index contributed by atoms with van der Waals surface area (Å²) in [5.74, 6) is 0. The van der Waals surface area contributed by atoms with E-state index in [0.717, 1.165) is 11.3 Å². The van der Waals surface area contributed by atoms with E-state index in [1.54, 1.807) is 6.20 Å². The summed E-state index contributed by atoms with van der Waals surface area (Å²) in [5, 5.41) is 6.80. The molecular formula is C10H18N4O3S. The molecule has 18 heavy (non-hydrogen) atoms. The summed E-state index contributed by atoms with van der Waals surface area (Å²) in [4.78, 5) is 0. The summed E-state index contributed by atoms with van der Waals surface area (Å²) >= 11 is 0. The van der Waals surface area contributed by atoms with E-state index in [-0.39, 0.29) is 6.04 Å². The molecule has 1 saturated heterocycles. The van der Waals surface area contributed by atoms with Crippen LogP contribution >= 0.6 is 0 Å². The largest absolute Gasteiger partial charge is 0.378 e. The minimum absolute atomic E-state index is 0.339. The number of aromatic nitrogens is 2. The summed E-state index contributed by atoms with van der Waals surface area (Å²) in [6.45, 7) is 3.00. The molecule has 0 saturated carbocycles. The van der Waals surface area contributed by atoms with Crippen LogP contribution in [0.5, 0.6) is 0 Å². The van der Waals surface area contributed by atoms with Crippen LogP contribution in [0.3, 0.4) is 0 Å². The Morgan fingerprint density at radius 1 is 1.56 bits per heavy atom. The third kappa shape index (κ3) is 2.28. The molecule has 1 N–H and O–H groups in total. The molecule has 1 aromatic rings. The van der Waals surface area contributed by atoms with E-state index in [1.165, 1.54) is 22.7 Å². The summed E-state index contributed by atoms with van der Waals surface area (Å²) in [5.41, 5.74) is 1.73. The highest BCUT2D eigenvalue weighted by Crippen LogP contribution is 2.28. The average molecular weight is 274 g/mol. The Morgan fingerprint density at radius 3 is 2.83 bits per heavy atom. The van der Waals surface area contributed by atoms with Crippen molar-refractivity contribution < 1.29 is 13.2 Å². The second kappa shape index (κ2) is 4.96. The molecule has 2 heterocycles. The van der Waals surface area contributed by atoms with Crippen LogP contribution in [0.15, 0.2) is 6.20 Å². The number of nitrogens with one attached hydrogen (secondary N) is 1. The molecule has 0 radical (unpaired) electrons. The van der Waals surface area contributed by atoms with Crippen molar-refractivity contribution in [2.24, 2.45) is 0 Å². The van der Waals surface area contributed by atoms with Gasteiger partial charge in [-0.3, -0.25) is 5.10 Å². The van der Waals surface area contributed by atoms with Crippen LogP contribution < -0.4 is 0 Å². The zero-order chi connectivity index (χ0) is 13.3. The van der Waals surface area contributed by atoms with Gasteiger partial charge in [0.25, 0.3) is 10.2 Å². The molecule has 0 spiro atoms. The van der Waals surface area contributed by atoms with E-state index in [2.05, 4.69) is 10.2 Å². The van der Waals surface area contributed by atoms with Gasteiger partial charge in [-0.05, 0) is 12.5 Å². The Morgan fingerprint density at radius 2 is 2.28 bits per heavy atom. The number of hydrogen-bond donors (Lipinski definition) is 1. The number of H-pyrrole nitrogens is 1. The smallest absolute Gasteiger partial charge is 0.282 e. The molecule has 0 aromatic carbocycles. The molecule has 1 unspecified atom stereocenters. The van der Waals surface area contributed by atoms with Crippen LogP contribution in [0.4, 0.5) is 0 Å². The van der Waals surface area contributed by atoms with Crippen LogP contribution in [0.25, 0.3) is 0 Å². The van der Waals surface area contributed by atoms with Gasteiger partial charge in [-0.15, -0.1) is 0 Å². The predicted molar refractivity (Wildman–Crippen MR) is 66.2 cm³/mol. The topological polar surface area (TPSA) is 78.5 Å². The van der Waals surface area contributed by atoms with Crippen LogP contribution in [-0.2, 0) is 14.9 Å². The van der Waals surface area contributed by atoms with Gasteiger partial charge in [0.05, 0.1) is 31.1 Å². The molecule has 102 valence electrons. The fourth-order valence-electron chi connectivity index (χ4n) is 2.00. The molecule has 1 fully saturated rings. The molecule has 1 atom stereocenters. The number of nitrogens with zero attached hydrogens (tertiary/aromatic N) is 3. The lowest BCUT2D eigenvalue weighted by atomic mass is 10.1. The van der Waals surface area contributed by atoms with Gasteiger partial charge in [0.1, 0.15) is 0 Å². The third-order valence-electron chi connectivity index (χ3n) is 3.04. The van der Waals surface area contributed by atoms with Crippen molar-refractivity contribution in [3.63, 3.8) is 0 Å². The summed E-state index contributed by atoms with van der Waals surface area (Å²) in [7, 11) is -0.394. The molecule has 0 amide bonds. The molecule has 2 rings (SSSR count). The van der Waals surface area contributed by atoms with Crippen LogP contribution in [-0.4, -0.2) is 61.1 Å². The molecule has 1 aliphatic heterocycles. The van der Waals surface area contributed by atoms with Crippen LogP contribution in [0.1, 0.15) is 17.3 Å². The number of aromatic amines is 1. The van der Waals surface area contributed by atoms with Gasteiger partial charge in [0.15, 0.2) is 0 Å². The van der Waals surface area contributed by atoms with Crippen molar-refractivity contribution in [2.75, 3.05) is 33.9 Å². The van der Waals surface area contributed by atoms with Crippen molar-refractivity contribution in [1.29, 1.82) is 0 Å². The zero-order valence-electron chi connectivity index (χ0n) is 10.8. The van der Waals surface area contributed by atoms with Gasteiger partial charge >= 0.3 is 0 Å². The standard InChI is InChI=1S/C10H18N4O3S/c1-8-6-11-12-10(8)9-7-17-5-4-14(9)18(15,16)13(2)3/h6,9H,4-5,7H2,1-3H3,(H,11,12). The Hall–Kier alpha value is -0.960. The first-order chi connectivity index (χ1) is 8.44. The lowest BCUT2D eigenvalue weighted by Crippen LogP contribution is -2.48. The van der Waals surface area contributed by atoms with Crippen molar-refractivity contribution in [2.45, 2.75) is 13.0 Å². The normalized spacial score (nSPS) is 22.6. The number of rotatable bonds is 3. The van der Waals surface area contributed by atoms with E-state index in [9.17, 15) is 8.42 Å². The Bertz CT molecular complexity index is 511. The number of aryl methyl sites for hydroxylation is 1. The first-order valence-corrected chi connectivity index (χ1v) is 7.11. The number of hydrogen-bond acceptors (Lipinski definition) is 4. The lowest BCUT2D eigenvalue weighted by molar-refractivity contribution is 0.0282. The van der Waals surface area contributed by atoms with E-state index in [0.29, 0.717) is 19.8 Å². The second-order valence-electron chi connectivity index (χ2n) is 4.46. The fourth-order valence-corrected chi connectivity index (χ4v) is 3.21. The minimum atomic E-state index is -3.45. The van der Waals surface area contributed by atoms with E-state index in [1.807, 2.05) is 6.92 Å². The second-order valence-corrected chi connectivity index (χ2v) is 6.55. The summed E-state index contributed by atoms with van der Waals surface area (Å²) < 4.78 is 32.6. The highest BCUT2D eigenvalue weighted by Gasteiger charge is 2.36. The highest BCUT2D eigenvalue weighted by molar-refractivity contribution is 7.86. The number of ether oxygens (including phenoxy) is 1. The van der Waals surface area contributed by atoms with Crippen LogP contribution in [0.2, 0.25) is 0 Å². The predicted octanol–water partition coefficient (Wildman–Crippen LogP) is -0.102. The molecular weight excluding hydrogens is 256 g/mol. The summed E-state index contributed by atoms with van der Waals surface area (Å²) in [6.07, 6.45) is 1.68. The highest BCUT2D eigenvalue weighted by atomic mass is 32.2. The Balaban J connectivity index is 2.36. The molecule has 1 aliphatic rings.